The first-order valence-electron chi connectivity index (χ1n) is 16.0. The van der Waals surface area contributed by atoms with Crippen LogP contribution in [0.4, 0.5) is 10.2 Å². The van der Waals surface area contributed by atoms with Gasteiger partial charge in [-0.3, -0.25) is 28.2 Å². The molecule has 0 radical (unpaired) electrons. The van der Waals surface area contributed by atoms with Gasteiger partial charge in [0, 0.05) is 26.3 Å². The Morgan fingerprint density at radius 3 is 2.71 bits per heavy atom. The van der Waals surface area contributed by atoms with Gasteiger partial charge in [0.15, 0.2) is 35.6 Å². The van der Waals surface area contributed by atoms with E-state index in [9.17, 15) is 19.5 Å². The molecule has 0 saturated carbocycles. The van der Waals surface area contributed by atoms with Crippen molar-refractivity contribution in [1.82, 2.24) is 29.1 Å². The van der Waals surface area contributed by atoms with Crippen LogP contribution in [0.1, 0.15) is 31.1 Å². The Morgan fingerprint density at radius 1 is 1.18 bits per heavy atom. The van der Waals surface area contributed by atoms with Gasteiger partial charge in [-0.15, -0.1) is 0 Å². The highest BCUT2D eigenvalue weighted by Gasteiger charge is 2.50. The predicted molar refractivity (Wildman–Crippen MR) is 179 cm³/mol. The summed E-state index contributed by atoms with van der Waals surface area (Å²) in [6.07, 6.45) is -7.16. The molecule has 51 heavy (non-hydrogen) atoms. The zero-order chi connectivity index (χ0) is 37.0. The number of aliphatic hydroxyl groups excluding tert-OH is 1. The van der Waals surface area contributed by atoms with Crippen LogP contribution >= 0.6 is 6.72 Å². The van der Waals surface area contributed by atoms with E-state index in [2.05, 4.69) is 25.1 Å². The third-order valence-electron chi connectivity index (χ3n) is 7.98. The highest BCUT2D eigenvalue weighted by Crippen LogP contribution is 2.54. The molecule has 1 aromatic carbocycles. The zero-order valence-corrected chi connectivity index (χ0v) is 28.4. The van der Waals surface area contributed by atoms with Gasteiger partial charge in [-0.2, -0.15) is 0 Å². The quantitative estimate of drug-likeness (QED) is 0.101. The molecular weight excluding hydrogens is 714 g/mol. The number of amides is 1. The number of halogens is 1. The number of anilines is 1. The highest BCUT2D eigenvalue weighted by molar-refractivity contribution is 8.07. The molecule has 3 N–H and O–H groups in total. The maximum atomic E-state index is 15.2. The lowest BCUT2D eigenvalue weighted by Crippen LogP contribution is -2.36. The summed E-state index contributed by atoms with van der Waals surface area (Å²) in [6, 6.07) is 9.53. The molecule has 18 nitrogen and oxygen atoms in total. The summed E-state index contributed by atoms with van der Waals surface area (Å²) in [4.78, 5) is 54.8. The third-order valence-corrected chi connectivity index (χ3v) is 10.3. The topological polar surface area (TPSA) is 208 Å². The first-order chi connectivity index (χ1) is 25.1. The predicted octanol–water partition coefficient (Wildman–Crippen LogP) is 1.72. The fourth-order valence-electron chi connectivity index (χ4n) is 5.51. The number of aromatic amines is 1. The number of imidazole rings is 1. The lowest BCUT2D eigenvalue weighted by Gasteiger charge is -2.29. The Hall–Kier alpha value is -4.29. The standard InChI is InChI=1S/C30H32FN8O10PS/c1-16-23(24(44-3)29(47-16)39-15-35-21-25(33-14-34-26(21)39)37-27(42)17-7-5-4-6-8-17)49-50(51,45-12-10-32-2)46-13-18-22(41)20(31)28(48-18)38-11-9-19(40)36-30(38)43/h4-9,11,14-16,18,20,22-24,28-29,41H,10,12-13H2,1,3H3,(H,36,40,43)(H,33,34,37,42)/t16-,18-,20+,22?,23?,24+,28-,29-,50?/m1/s1/i1D. The summed E-state index contributed by atoms with van der Waals surface area (Å²) in [7, 11) is 1.39. The number of methoxy groups -OCH3 is 1. The molecule has 6 rings (SSSR count). The Balaban J connectivity index is 1.21. The number of ether oxygens (including phenoxy) is 3. The lowest BCUT2D eigenvalue weighted by atomic mass is 10.1. The molecule has 2 fully saturated rings. The van der Waals surface area contributed by atoms with Gasteiger partial charge in [-0.25, -0.2) is 30.7 Å². The smallest absolute Gasteiger partial charge is 0.330 e. The van der Waals surface area contributed by atoms with E-state index in [0.717, 1.165) is 16.8 Å². The highest BCUT2D eigenvalue weighted by atomic mass is 32.5. The lowest BCUT2D eigenvalue weighted by molar-refractivity contribution is -0.0546. The van der Waals surface area contributed by atoms with Crippen LogP contribution in [0.15, 0.2) is 64.8 Å². The van der Waals surface area contributed by atoms with E-state index in [0.29, 0.717) is 5.56 Å². The number of aliphatic hydroxyl groups is 1. The first-order valence-corrected chi connectivity index (χ1v) is 17.8. The summed E-state index contributed by atoms with van der Waals surface area (Å²) in [5, 5.41) is 13.4. The van der Waals surface area contributed by atoms with Crippen molar-refractivity contribution < 1.29 is 43.4 Å². The number of H-pyrrole nitrogens is 1. The van der Waals surface area contributed by atoms with E-state index in [4.69, 9.17) is 47.5 Å². The molecule has 2 aliphatic rings. The number of carbonyl (C=O) groups is 1. The molecule has 0 spiro atoms. The summed E-state index contributed by atoms with van der Waals surface area (Å²) in [6.45, 7) is 2.03. The van der Waals surface area contributed by atoms with E-state index in [1.807, 2.05) is 4.98 Å². The second-order valence-electron chi connectivity index (χ2n) is 11.2. The maximum absolute atomic E-state index is 15.2. The molecule has 1 amide bonds. The minimum absolute atomic E-state index is 0.110. The largest absolute Gasteiger partial charge is 0.387 e. The average molecular weight is 748 g/mol. The summed E-state index contributed by atoms with van der Waals surface area (Å²) < 4.78 is 61.2. The monoisotopic (exact) mass is 747 g/mol. The van der Waals surface area contributed by atoms with Crippen LogP contribution in [-0.2, 0) is 39.6 Å². The number of nitrogens with zero attached hydrogens (tertiary/aromatic N) is 6. The molecular formula is C30H32FN8O10PS. The van der Waals surface area contributed by atoms with Gasteiger partial charge in [0.25, 0.3) is 11.5 Å². The van der Waals surface area contributed by atoms with Crippen molar-refractivity contribution in [3.63, 3.8) is 0 Å². The Kier molecular flexibility index (Phi) is 10.7. The van der Waals surface area contributed by atoms with Crippen LogP contribution in [0, 0.1) is 6.57 Å². The Bertz CT molecular complexity index is 2100. The van der Waals surface area contributed by atoms with Crippen molar-refractivity contribution in [3.8, 4) is 0 Å². The Morgan fingerprint density at radius 2 is 1.98 bits per heavy atom. The van der Waals surface area contributed by atoms with E-state index in [-0.39, 0.29) is 37.0 Å². The molecule has 2 saturated heterocycles. The molecule has 3 unspecified atom stereocenters. The van der Waals surface area contributed by atoms with Crippen LogP contribution < -0.4 is 16.6 Å². The molecule has 0 bridgehead atoms. The van der Waals surface area contributed by atoms with E-state index in [1.165, 1.54) is 24.3 Å². The fraction of sp³-hybridized carbons (Fsp3) is 0.433. The summed E-state index contributed by atoms with van der Waals surface area (Å²) in [5.41, 5.74) is -0.725. The van der Waals surface area contributed by atoms with Crippen LogP contribution in [-0.4, -0.2) is 104 Å². The van der Waals surface area contributed by atoms with Gasteiger partial charge >= 0.3 is 12.4 Å². The summed E-state index contributed by atoms with van der Waals surface area (Å²) in [5.74, 6) is -0.266. The zero-order valence-electron chi connectivity index (χ0n) is 27.7. The van der Waals surface area contributed by atoms with Crippen molar-refractivity contribution >= 4 is 41.4 Å². The number of carbonyl (C=O) groups excluding carboxylic acids is 1. The van der Waals surface area contributed by atoms with Crippen LogP contribution in [0.25, 0.3) is 16.0 Å². The van der Waals surface area contributed by atoms with Gasteiger partial charge in [-0.05, 0) is 30.8 Å². The van der Waals surface area contributed by atoms with Gasteiger partial charge in [0.05, 0.1) is 19.0 Å². The number of hydrogen-bond donors (Lipinski definition) is 3. The van der Waals surface area contributed by atoms with E-state index in [1.54, 1.807) is 30.3 Å². The number of aromatic nitrogens is 6. The second-order valence-corrected chi connectivity index (χ2v) is 14.1. The van der Waals surface area contributed by atoms with Gasteiger partial charge < -0.3 is 38.5 Å². The number of benzene rings is 1. The van der Waals surface area contributed by atoms with Crippen LogP contribution in [0.5, 0.6) is 0 Å². The molecule has 2 aliphatic heterocycles. The molecule has 3 aromatic heterocycles. The van der Waals surface area contributed by atoms with Crippen molar-refractivity contribution in [2.75, 3.05) is 32.2 Å². The average Bonchev–Trinajstić information content (AvgIpc) is 3.81. The number of alkyl halides is 1. The third kappa shape index (κ3) is 7.67. The van der Waals surface area contributed by atoms with Crippen molar-refractivity contribution in [3.05, 3.63) is 93.1 Å². The van der Waals surface area contributed by atoms with Crippen molar-refractivity contribution in [2.45, 2.75) is 56.0 Å². The minimum Gasteiger partial charge on any atom is -0.387 e. The molecule has 21 heteroatoms. The number of nitrogens with one attached hydrogen (secondary N) is 2. The Labute approximate surface area is 294 Å². The van der Waals surface area contributed by atoms with E-state index >= 15 is 4.39 Å². The van der Waals surface area contributed by atoms with Gasteiger partial charge in [-0.1, -0.05) is 18.2 Å². The van der Waals surface area contributed by atoms with Crippen molar-refractivity contribution in [2.24, 2.45) is 0 Å². The molecule has 0 aliphatic carbocycles. The van der Waals surface area contributed by atoms with Crippen LogP contribution in [0.2, 0.25) is 0 Å². The normalized spacial score (nSPS) is 27.5. The summed E-state index contributed by atoms with van der Waals surface area (Å²) >= 11 is 5.69. The SMILES string of the molecule is [2H]C[C@H]1O[C@@H](n2cnc3c(NC(=O)c4ccccc4)ncnc32)[C@@H](OC)C1OP(=S)(OCC[N+]#[C-])OC[C@H]1O[C@@H](n2ccc(=O)[nH]c2=O)[C@@H](F)C1O. The number of fused-ring (bicyclic) bond motifs is 1. The second kappa shape index (κ2) is 15.5. The maximum Gasteiger partial charge on any atom is 0.330 e. The van der Waals surface area contributed by atoms with Crippen molar-refractivity contribution in [1.29, 1.82) is 0 Å². The number of rotatable bonds is 13. The fourth-order valence-corrected chi connectivity index (χ4v) is 7.60. The molecule has 270 valence electrons. The molecule has 9 atom stereocenters. The number of hydrogen-bond acceptors (Lipinski definition) is 14. The van der Waals surface area contributed by atoms with E-state index < -0.39 is 79.6 Å². The van der Waals surface area contributed by atoms with Gasteiger partial charge in [0.2, 0.25) is 6.54 Å². The molecule has 5 heterocycles. The molecule has 4 aromatic rings. The minimum atomic E-state index is -3.89. The first kappa shape index (κ1) is 35.1. The van der Waals surface area contributed by atoms with Gasteiger partial charge in [0.1, 0.15) is 37.4 Å². The van der Waals surface area contributed by atoms with Crippen LogP contribution in [0.3, 0.4) is 0 Å².